The fourth-order valence-corrected chi connectivity index (χ4v) is 2.43. The molecular weight excluding hydrogens is 265 g/mol. The second kappa shape index (κ2) is 7.37. The van der Waals surface area contributed by atoms with Crippen molar-refractivity contribution >= 4 is 0 Å². The second-order valence-electron chi connectivity index (χ2n) is 7.13. The molecule has 1 unspecified atom stereocenters. The number of halogens is 1. The summed E-state index contributed by atoms with van der Waals surface area (Å²) in [6.45, 7) is 8.00. The number of ether oxygens (including phenoxy) is 1. The van der Waals surface area contributed by atoms with E-state index in [1.807, 2.05) is 6.07 Å². The SMILES string of the molecule is CC(C)(C)OCCC(CNC1CC1)Cc1cccc(F)c1. The highest BCUT2D eigenvalue weighted by molar-refractivity contribution is 5.17. The number of nitrogens with one attached hydrogen (secondary N) is 1. The van der Waals surface area contributed by atoms with E-state index in [0.717, 1.165) is 31.6 Å². The van der Waals surface area contributed by atoms with Gasteiger partial charge in [-0.3, -0.25) is 0 Å². The van der Waals surface area contributed by atoms with Crippen LogP contribution in [0.25, 0.3) is 0 Å². The summed E-state index contributed by atoms with van der Waals surface area (Å²) in [5.41, 5.74) is 0.987. The van der Waals surface area contributed by atoms with E-state index in [2.05, 4.69) is 26.1 Å². The quantitative estimate of drug-likeness (QED) is 0.784. The van der Waals surface area contributed by atoms with Crippen LogP contribution in [0.5, 0.6) is 0 Å². The van der Waals surface area contributed by atoms with Crippen LogP contribution in [-0.2, 0) is 11.2 Å². The molecule has 0 amide bonds. The Hall–Kier alpha value is -0.930. The molecule has 1 aliphatic rings. The van der Waals surface area contributed by atoms with E-state index in [9.17, 15) is 4.39 Å². The van der Waals surface area contributed by atoms with Gasteiger partial charge in [0.1, 0.15) is 5.82 Å². The molecule has 1 aromatic carbocycles. The van der Waals surface area contributed by atoms with Gasteiger partial charge in [-0.2, -0.15) is 0 Å². The van der Waals surface area contributed by atoms with Gasteiger partial charge < -0.3 is 10.1 Å². The number of hydrogen-bond donors (Lipinski definition) is 1. The Labute approximate surface area is 128 Å². The maximum Gasteiger partial charge on any atom is 0.123 e. The van der Waals surface area contributed by atoms with Gasteiger partial charge in [-0.25, -0.2) is 4.39 Å². The standard InChI is InChI=1S/C18H28FNO/c1-18(2,3)21-10-9-15(13-20-17-7-8-17)11-14-5-4-6-16(19)12-14/h4-6,12,15,17,20H,7-11,13H2,1-3H3. The fourth-order valence-electron chi connectivity index (χ4n) is 2.43. The largest absolute Gasteiger partial charge is 0.376 e. The van der Waals surface area contributed by atoms with Gasteiger partial charge in [-0.1, -0.05) is 12.1 Å². The molecule has 0 aliphatic heterocycles. The van der Waals surface area contributed by atoms with Crippen molar-refractivity contribution in [3.63, 3.8) is 0 Å². The third-order valence-electron chi connectivity index (χ3n) is 3.75. The summed E-state index contributed by atoms with van der Waals surface area (Å²) in [5.74, 6) is 0.349. The summed E-state index contributed by atoms with van der Waals surface area (Å²) in [7, 11) is 0. The Morgan fingerprint density at radius 1 is 1.33 bits per heavy atom. The average molecular weight is 293 g/mol. The van der Waals surface area contributed by atoms with Crippen LogP contribution in [0.1, 0.15) is 45.6 Å². The minimum Gasteiger partial charge on any atom is -0.376 e. The minimum absolute atomic E-state index is 0.0900. The molecule has 1 atom stereocenters. The molecule has 0 aromatic heterocycles. The van der Waals surface area contributed by atoms with E-state index in [1.54, 1.807) is 12.1 Å². The van der Waals surface area contributed by atoms with E-state index in [4.69, 9.17) is 4.74 Å². The molecule has 118 valence electrons. The average Bonchev–Trinajstić information content (AvgIpc) is 3.18. The Morgan fingerprint density at radius 2 is 2.10 bits per heavy atom. The Bertz CT molecular complexity index is 437. The summed E-state index contributed by atoms with van der Waals surface area (Å²) in [6, 6.07) is 7.67. The summed E-state index contributed by atoms with van der Waals surface area (Å²) < 4.78 is 19.2. The van der Waals surface area contributed by atoms with Gasteiger partial charge in [0.15, 0.2) is 0 Å². The molecule has 0 heterocycles. The Balaban J connectivity index is 1.84. The topological polar surface area (TPSA) is 21.3 Å². The van der Waals surface area contributed by atoms with Crippen LogP contribution in [0, 0.1) is 11.7 Å². The van der Waals surface area contributed by atoms with E-state index in [0.29, 0.717) is 12.0 Å². The molecule has 0 spiro atoms. The number of hydrogen-bond acceptors (Lipinski definition) is 2. The second-order valence-corrected chi connectivity index (χ2v) is 7.13. The number of rotatable bonds is 8. The van der Waals surface area contributed by atoms with Crippen LogP contribution in [0.4, 0.5) is 4.39 Å². The molecule has 1 aromatic rings. The van der Waals surface area contributed by atoms with Crippen molar-refractivity contribution in [2.45, 2.75) is 58.1 Å². The molecule has 1 aliphatic carbocycles. The number of benzene rings is 1. The lowest BCUT2D eigenvalue weighted by molar-refractivity contribution is -0.00921. The molecule has 1 N–H and O–H groups in total. The predicted octanol–water partition coefficient (Wildman–Crippen LogP) is 3.94. The summed E-state index contributed by atoms with van der Waals surface area (Å²) in [6.07, 6.45) is 4.51. The van der Waals surface area contributed by atoms with Crippen molar-refractivity contribution in [1.29, 1.82) is 0 Å². The molecule has 0 bridgehead atoms. The highest BCUT2D eigenvalue weighted by Gasteiger charge is 2.22. The molecule has 0 saturated heterocycles. The van der Waals surface area contributed by atoms with Crippen LogP contribution in [0.3, 0.4) is 0 Å². The highest BCUT2D eigenvalue weighted by atomic mass is 19.1. The van der Waals surface area contributed by atoms with Crippen molar-refractivity contribution in [2.75, 3.05) is 13.2 Å². The van der Waals surface area contributed by atoms with Crippen molar-refractivity contribution in [2.24, 2.45) is 5.92 Å². The first-order valence-corrected chi connectivity index (χ1v) is 8.04. The molecule has 3 heteroatoms. The molecular formula is C18H28FNO. The molecule has 1 fully saturated rings. The first-order chi connectivity index (χ1) is 9.92. The Kier molecular flexibility index (Phi) is 5.77. The minimum atomic E-state index is -0.146. The third-order valence-corrected chi connectivity index (χ3v) is 3.75. The third kappa shape index (κ3) is 7.05. The molecule has 2 rings (SSSR count). The monoisotopic (exact) mass is 293 g/mol. The lowest BCUT2D eigenvalue weighted by atomic mass is 9.96. The van der Waals surface area contributed by atoms with Crippen LogP contribution >= 0.6 is 0 Å². The first-order valence-electron chi connectivity index (χ1n) is 8.04. The van der Waals surface area contributed by atoms with Crippen LogP contribution in [0.15, 0.2) is 24.3 Å². The van der Waals surface area contributed by atoms with E-state index < -0.39 is 0 Å². The maximum absolute atomic E-state index is 13.3. The zero-order valence-electron chi connectivity index (χ0n) is 13.5. The zero-order valence-corrected chi connectivity index (χ0v) is 13.5. The van der Waals surface area contributed by atoms with Crippen LogP contribution in [0.2, 0.25) is 0 Å². The van der Waals surface area contributed by atoms with Gasteiger partial charge >= 0.3 is 0 Å². The molecule has 0 radical (unpaired) electrons. The summed E-state index contributed by atoms with van der Waals surface area (Å²) >= 11 is 0. The van der Waals surface area contributed by atoms with Crippen molar-refractivity contribution in [3.8, 4) is 0 Å². The summed E-state index contributed by atoms with van der Waals surface area (Å²) in [4.78, 5) is 0. The van der Waals surface area contributed by atoms with Gasteiger partial charge in [0.25, 0.3) is 0 Å². The lowest BCUT2D eigenvalue weighted by Gasteiger charge is -2.23. The lowest BCUT2D eigenvalue weighted by Crippen LogP contribution is -2.28. The molecule has 21 heavy (non-hydrogen) atoms. The van der Waals surface area contributed by atoms with Crippen LogP contribution in [-0.4, -0.2) is 24.8 Å². The van der Waals surface area contributed by atoms with Crippen molar-refractivity contribution in [3.05, 3.63) is 35.6 Å². The predicted molar refractivity (Wildman–Crippen MR) is 84.9 cm³/mol. The van der Waals surface area contributed by atoms with Gasteiger partial charge in [0, 0.05) is 12.6 Å². The van der Waals surface area contributed by atoms with E-state index >= 15 is 0 Å². The molecule has 1 saturated carbocycles. The fraction of sp³-hybridized carbons (Fsp3) is 0.667. The van der Waals surface area contributed by atoms with Gasteiger partial charge in [-0.05, 0) is 76.6 Å². The highest BCUT2D eigenvalue weighted by Crippen LogP contribution is 2.21. The molecule has 2 nitrogen and oxygen atoms in total. The van der Waals surface area contributed by atoms with Gasteiger partial charge in [0.2, 0.25) is 0 Å². The van der Waals surface area contributed by atoms with Crippen molar-refractivity contribution < 1.29 is 9.13 Å². The first kappa shape index (κ1) is 16.4. The summed E-state index contributed by atoms with van der Waals surface area (Å²) in [5, 5.41) is 3.59. The van der Waals surface area contributed by atoms with Crippen molar-refractivity contribution in [1.82, 2.24) is 5.32 Å². The maximum atomic E-state index is 13.3. The Morgan fingerprint density at radius 3 is 2.71 bits per heavy atom. The van der Waals surface area contributed by atoms with E-state index in [1.165, 1.54) is 18.9 Å². The van der Waals surface area contributed by atoms with E-state index in [-0.39, 0.29) is 11.4 Å². The zero-order chi connectivity index (χ0) is 15.3. The normalized spacial score (nSPS) is 17.0. The van der Waals surface area contributed by atoms with Gasteiger partial charge in [0.05, 0.1) is 5.60 Å². The van der Waals surface area contributed by atoms with Crippen LogP contribution < -0.4 is 5.32 Å². The smallest absolute Gasteiger partial charge is 0.123 e. The van der Waals surface area contributed by atoms with Gasteiger partial charge in [-0.15, -0.1) is 0 Å².